The fraction of sp³-hybridized carbons (Fsp3) is 0.357. The van der Waals surface area contributed by atoms with Gasteiger partial charge in [-0.05, 0) is 18.6 Å². The number of aliphatic hydroxyl groups excluding tert-OH is 1. The molecule has 1 N–H and O–H groups in total. The van der Waals surface area contributed by atoms with Crippen molar-refractivity contribution in [3.8, 4) is 0 Å². The maximum atomic E-state index is 8.99. The average Bonchev–Trinajstić information content (AvgIpc) is 2.81. The predicted octanol–water partition coefficient (Wildman–Crippen LogP) is 1.81. The molecule has 4 nitrogen and oxygen atoms in total. The smallest absolute Gasteiger partial charge is 0.0539 e. The zero-order chi connectivity index (χ0) is 12.8. The van der Waals surface area contributed by atoms with Gasteiger partial charge < -0.3 is 10.0 Å². The van der Waals surface area contributed by atoms with Gasteiger partial charge in [-0.2, -0.15) is 5.10 Å². The van der Waals surface area contributed by atoms with E-state index in [4.69, 9.17) is 5.11 Å². The molecule has 1 aromatic heterocycles. The van der Waals surface area contributed by atoms with Crippen LogP contribution >= 0.6 is 0 Å². The standard InChI is InChI=1S/C14H19N3O/c1-16-11-13(10-15-16)12-17(8-5-9-18)14-6-3-2-4-7-14/h2-4,6-7,10-11,18H,5,8-9,12H2,1H3. The number of aliphatic hydroxyl groups is 1. The minimum Gasteiger partial charge on any atom is -0.396 e. The van der Waals surface area contributed by atoms with Crippen molar-refractivity contribution in [2.45, 2.75) is 13.0 Å². The molecule has 0 aliphatic rings. The first-order valence-electron chi connectivity index (χ1n) is 6.18. The van der Waals surface area contributed by atoms with Crippen LogP contribution in [0.25, 0.3) is 0 Å². The van der Waals surface area contributed by atoms with Gasteiger partial charge >= 0.3 is 0 Å². The van der Waals surface area contributed by atoms with Gasteiger partial charge in [0.25, 0.3) is 0 Å². The van der Waals surface area contributed by atoms with E-state index in [1.807, 2.05) is 42.3 Å². The first-order chi connectivity index (χ1) is 8.79. The summed E-state index contributed by atoms with van der Waals surface area (Å²) >= 11 is 0. The molecule has 0 saturated carbocycles. The molecule has 96 valence electrons. The Kier molecular flexibility index (Phi) is 4.36. The van der Waals surface area contributed by atoms with Crippen molar-refractivity contribution >= 4 is 5.69 Å². The Morgan fingerprint density at radius 3 is 2.67 bits per heavy atom. The summed E-state index contributed by atoms with van der Waals surface area (Å²) in [6, 6.07) is 10.3. The summed E-state index contributed by atoms with van der Waals surface area (Å²) in [5.41, 5.74) is 2.36. The van der Waals surface area contributed by atoms with Crippen LogP contribution in [0, 0.1) is 0 Å². The van der Waals surface area contributed by atoms with Crippen LogP contribution in [0.15, 0.2) is 42.7 Å². The van der Waals surface area contributed by atoms with Gasteiger partial charge in [-0.25, -0.2) is 0 Å². The van der Waals surface area contributed by atoms with Crippen LogP contribution in [-0.2, 0) is 13.6 Å². The fourth-order valence-corrected chi connectivity index (χ4v) is 1.97. The molecule has 0 saturated heterocycles. The van der Waals surface area contributed by atoms with E-state index in [9.17, 15) is 0 Å². The molecule has 1 aromatic carbocycles. The number of hydrogen-bond acceptors (Lipinski definition) is 3. The van der Waals surface area contributed by atoms with Crippen molar-refractivity contribution < 1.29 is 5.11 Å². The largest absolute Gasteiger partial charge is 0.396 e. The maximum Gasteiger partial charge on any atom is 0.0539 e. The molecule has 0 aliphatic heterocycles. The molecular weight excluding hydrogens is 226 g/mol. The van der Waals surface area contributed by atoms with Gasteiger partial charge in [-0.1, -0.05) is 18.2 Å². The van der Waals surface area contributed by atoms with E-state index in [1.54, 1.807) is 0 Å². The third-order valence-electron chi connectivity index (χ3n) is 2.84. The zero-order valence-corrected chi connectivity index (χ0v) is 10.7. The Labute approximate surface area is 107 Å². The van der Waals surface area contributed by atoms with Crippen LogP contribution in [0.3, 0.4) is 0 Å². The number of nitrogens with zero attached hydrogens (tertiary/aromatic N) is 3. The lowest BCUT2D eigenvalue weighted by atomic mass is 10.2. The lowest BCUT2D eigenvalue weighted by Gasteiger charge is -2.24. The molecule has 1 heterocycles. The van der Waals surface area contributed by atoms with Crippen molar-refractivity contribution in [3.05, 3.63) is 48.3 Å². The van der Waals surface area contributed by atoms with E-state index >= 15 is 0 Å². The predicted molar refractivity (Wildman–Crippen MR) is 72.4 cm³/mol. The Hall–Kier alpha value is -1.81. The van der Waals surface area contributed by atoms with Gasteiger partial charge in [0.15, 0.2) is 0 Å². The average molecular weight is 245 g/mol. The van der Waals surface area contributed by atoms with Gasteiger partial charge in [-0.3, -0.25) is 4.68 Å². The summed E-state index contributed by atoms with van der Waals surface area (Å²) in [7, 11) is 1.92. The molecule has 0 atom stereocenters. The van der Waals surface area contributed by atoms with Crippen molar-refractivity contribution in [2.24, 2.45) is 7.05 Å². The Bertz CT molecular complexity index is 467. The molecule has 0 aliphatic carbocycles. The highest BCUT2D eigenvalue weighted by Gasteiger charge is 2.07. The topological polar surface area (TPSA) is 41.3 Å². The third-order valence-corrected chi connectivity index (χ3v) is 2.84. The van der Waals surface area contributed by atoms with E-state index in [1.165, 1.54) is 11.3 Å². The molecule has 0 bridgehead atoms. The zero-order valence-electron chi connectivity index (χ0n) is 10.7. The fourth-order valence-electron chi connectivity index (χ4n) is 1.97. The van der Waals surface area contributed by atoms with E-state index in [0.717, 1.165) is 19.5 Å². The van der Waals surface area contributed by atoms with Gasteiger partial charge in [0.05, 0.1) is 6.20 Å². The van der Waals surface area contributed by atoms with Crippen LogP contribution in [0.4, 0.5) is 5.69 Å². The number of aromatic nitrogens is 2. The van der Waals surface area contributed by atoms with Crippen molar-refractivity contribution in [1.82, 2.24) is 9.78 Å². The monoisotopic (exact) mass is 245 g/mol. The molecule has 0 amide bonds. The number of anilines is 1. The molecule has 2 rings (SSSR count). The van der Waals surface area contributed by atoms with E-state index in [0.29, 0.717) is 0 Å². The summed E-state index contributed by atoms with van der Waals surface area (Å²) in [6.45, 7) is 1.88. The highest BCUT2D eigenvalue weighted by molar-refractivity contribution is 5.46. The molecule has 2 aromatic rings. The molecule has 4 heteroatoms. The lowest BCUT2D eigenvalue weighted by Crippen LogP contribution is -2.24. The summed E-state index contributed by atoms with van der Waals surface area (Å²) in [5, 5.41) is 13.2. The van der Waals surface area contributed by atoms with Gasteiger partial charge in [0.2, 0.25) is 0 Å². The highest BCUT2D eigenvalue weighted by atomic mass is 16.3. The summed E-state index contributed by atoms with van der Waals surface area (Å²) < 4.78 is 1.81. The number of aryl methyl sites for hydroxylation is 1. The molecule has 18 heavy (non-hydrogen) atoms. The van der Waals surface area contributed by atoms with Crippen molar-refractivity contribution in [3.63, 3.8) is 0 Å². The second-order valence-corrected chi connectivity index (χ2v) is 4.36. The number of hydrogen-bond donors (Lipinski definition) is 1. The molecule has 0 spiro atoms. The minimum atomic E-state index is 0.219. The second kappa shape index (κ2) is 6.21. The minimum absolute atomic E-state index is 0.219. The normalized spacial score (nSPS) is 10.6. The van der Waals surface area contributed by atoms with E-state index < -0.39 is 0 Å². The summed E-state index contributed by atoms with van der Waals surface area (Å²) in [4.78, 5) is 2.26. The van der Waals surface area contributed by atoms with Crippen LogP contribution in [0.2, 0.25) is 0 Å². The SMILES string of the molecule is Cn1cc(CN(CCCO)c2ccccc2)cn1. The van der Waals surface area contributed by atoms with Crippen molar-refractivity contribution in [1.29, 1.82) is 0 Å². The molecule has 0 fully saturated rings. The van der Waals surface area contributed by atoms with Crippen LogP contribution < -0.4 is 4.90 Å². The molecule has 0 radical (unpaired) electrons. The van der Waals surface area contributed by atoms with E-state index in [-0.39, 0.29) is 6.61 Å². The summed E-state index contributed by atoms with van der Waals surface area (Å²) in [6.07, 6.45) is 4.68. The van der Waals surface area contributed by atoms with Gasteiger partial charge in [0, 0.05) is 44.2 Å². The second-order valence-electron chi connectivity index (χ2n) is 4.36. The third kappa shape index (κ3) is 3.34. The first-order valence-corrected chi connectivity index (χ1v) is 6.18. The van der Waals surface area contributed by atoms with Crippen LogP contribution in [0.5, 0.6) is 0 Å². The van der Waals surface area contributed by atoms with Crippen LogP contribution in [-0.4, -0.2) is 28.0 Å². The Morgan fingerprint density at radius 1 is 1.28 bits per heavy atom. The Morgan fingerprint density at radius 2 is 2.06 bits per heavy atom. The highest BCUT2D eigenvalue weighted by Crippen LogP contribution is 2.16. The van der Waals surface area contributed by atoms with Crippen molar-refractivity contribution in [2.75, 3.05) is 18.1 Å². The number of rotatable bonds is 6. The number of para-hydroxylation sites is 1. The quantitative estimate of drug-likeness (QED) is 0.844. The summed E-state index contributed by atoms with van der Waals surface area (Å²) in [5.74, 6) is 0. The number of benzene rings is 1. The van der Waals surface area contributed by atoms with Gasteiger partial charge in [-0.15, -0.1) is 0 Å². The van der Waals surface area contributed by atoms with E-state index in [2.05, 4.69) is 22.1 Å². The molecule has 0 unspecified atom stereocenters. The lowest BCUT2D eigenvalue weighted by molar-refractivity contribution is 0.289. The Balaban J connectivity index is 2.10. The first kappa shape index (κ1) is 12.6. The molecular formula is C14H19N3O. The van der Waals surface area contributed by atoms with Gasteiger partial charge in [0.1, 0.15) is 0 Å². The maximum absolute atomic E-state index is 8.99. The van der Waals surface area contributed by atoms with Crippen LogP contribution in [0.1, 0.15) is 12.0 Å².